The number of amides is 1. The van der Waals surface area contributed by atoms with Gasteiger partial charge in [0.25, 0.3) is 0 Å². The maximum absolute atomic E-state index is 11.5. The fraction of sp³-hybridized carbons (Fsp3) is 0.818. The predicted octanol–water partition coefficient (Wildman–Crippen LogP) is 0.0425. The van der Waals surface area contributed by atoms with Gasteiger partial charge in [-0.25, -0.2) is 0 Å². The van der Waals surface area contributed by atoms with Crippen LogP contribution in [0.2, 0.25) is 0 Å². The summed E-state index contributed by atoms with van der Waals surface area (Å²) in [5.74, 6) is -0.136. The molecule has 2 rings (SSSR count). The van der Waals surface area contributed by atoms with E-state index in [4.69, 9.17) is 10.00 Å². The number of carbonyl (C=O) groups is 1. The van der Waals surface area contributed by atoms with Gasteiger partial charge < -0.3 is 14.7 Å². The fourth-order valence-corrected chi connectivity index (χ4v) is 2.52. The molecule has 0 radical (unpaired) electrons. The maximum atomic E-state index is 11.5. The minimum absolute atomic E-state index is 0.0708. The summed E-state index contributed by atoms with van der Waals surface area (Å²) in [5.41, 5.74) is -0.358. The first-order valence-electron chi connectivity index (χ1n) is 5.62. The van der Waals surface area contributed by atoms with Gasteiger partial charge in [0.1, 0.15) is 6.42 Å². The molecule has 0 saturated carbocycles. The van der Waals surface area contributed by atoms with Gasteiger partial charge in [-0.15, -0.1) is 0 Å². The van der Waals surface area contributed by atoms with Crippen LogP contribution in [0.1, 0.15) is 25.7 Å². The first-order chi connectivity index (χ1) is 7.65. The number of nitrogens with zero attached hydrogens (tertiary/aromatic N) is 2. The third kappa shape index (κ3) is 2.18. The van der Waals surface area contributed by atoms with E-state index < -0.39 is 0 Å². The monoisotopic (exact) mass is 224 g/mol. The number of hydrogen-bond donors (Lipinski definition) is 1. The average Bonchev–Trinajstić information content (AvgIpc) is 2.62. The number of nitriles is 1. The molecule has 0 aromatic carbocycles. The Kier molecular flexibility index (Phi) is 3.13. The van der Waals surface area contributed by atoms with Crippen molar-refractivity contribution in [2.45, 2.75) is 37.4 Å². The van der Waals surface area contributed by atoms with Gasteiger partial charge in [-0.3, -0.25) is 4.79 Å². The molecule has 5 nitrogen and oxygen atoms in total. The minimum Gasteiger partial charge on any atom is -0.393 e. The number of rotatable bonds is 1. The number of aliphatic hydroxyl groups excluding tert-OH is 1. The fourth-order valence-electron chi connectivity index (χ4n) is 2.52. The van der Waals surface area contributed by atoms with Crippen LogP contribution in [-0.4, -0.2) is 47.3 Å². The van der Waals surface area contributed by atoms with Crippen molar-refractivity contribution in [2.24, 2.45) is 0 Å². The zero-order valence-electron chi connectivity index (χ0n) is 9.19. The molecule has 0 aliphatic carbocycles. The molecule has 1 amide bonds. The van der Waals surface area contributed by atoms with Gasteiger partial charge in [0.05, 0.1) is 17.8 Å². The normalized spacial score (nSPS) is 34.0. The molecule has 0 bridgehead atoms. The first-order valence-corrected chi connectivity index (χ1v) is 5.62. The van der Waals surface area contributed by atoms with Crippen LogP contribution in [-0.2, 0) is 9.53 Å². The van der Waals surface area contributed by atoms with Crippen molar-refractivity contribution in [1.82, 2.24) is 4.90 Å². The lowest BCUT2D eigenvalue weighted by Gasteiger charge is -2.36. The molecule has 16 heavy (non-hydrogen) atoms. The Morgan fingerprint density at radius 3 is 3.19 bits per heavy atom. The molecule has 2 heterocycles. The van der Waals surface area contributed by atoms with Crippen LogP contribution >= 0.6 is 0 Å². The zero-order chi connectivity index (χ0) is 11.6. The highest BCUT2D eigenvalue weighted by atomic mass is 16.5. The van der Waals surface area contributed by atoms with E-state index in [0.29, 0.717) is 32.5 Å². The molecule has 0 unspecified atom stereocenters. The number of likely N-dealkylation sites (tertiary alicyclic amines) is 1. The van der Waals surface area contributed by atoms with E-state index in [1.54, 1.807) is 4.90 Å². The third-order valence-electron chi connectivity index (χ3n) is 3.37. The Balaban J connectivity index is 1.96. The van der Waals surface area contributed by atoms with Crippen LogP contribution < -0.4 is 0 Å². The Morgan fingerprint density at radius 1 is 1.69 bits per heavy atom. The molecular formula is C11H16N2O3. The van der Waals surface area contributed by atoms with Gasteiger partial charge in [-0.05, 0) is 12.8 Å². The molecule has 2 atom stereocenters. The van der Waals surface area contributed by atoms with E-state index in [0.717, 1.165) is 6.42 Å². The number of hydrogen-bond acceptors (Lipinski definition) is 4. The predicted molar refractivity (Wildman–Crippen MR) is 55.4 cm³/mol. The van der Waals surface area contributed by atoms with Crippen molar-refractivity contribution in [3.8, 4) is 6.07 Å². The number of aliphatic hydroxyl groups is 1. The van der Waals surface area contributed by atoms with Crippen LogP contribution in [0, 0.1) is 11.3 Å². The van der Waals surface area contributed by atoms with E-state index in [9.17, 15) is 9.90 Å². The second-order valence-corrected chi connectivity index (χ2v) is 4.58. The van der Waals surface area contributed by atoms with E-state index in [2.05, 4.69) is 0 Å². The molecular weight excluding hydrogens is 208 g/mol. The van der Waals surface area contributed by atoms with Gasteiger partial charge in [-0.2, -0.15) is 5.26 Å². The molecule has 1 N–H and O–H groups in total. The summed E-state index contributed by atoms with van der Waals surface area (Å²) in [6.45, 7) is 1.71. The standard InChI is InChI=1S/C11H16N2O3/c12-4-1-10(15)13-5-3-11(8-13)7-9(14)2-6-16-11/h9,14H,1-3,5-8H2/t9-,11+/m1/s1. The lowest BCUT2D eigenvalue weighted by molar-refractivity contribution is -0.135. The smallest absolute Gasteiger partial charge is 0.236 e. The molecule has 2 aliphatic heterocycles. The van der Waals surface area contributed by atoms with Gasteiger partial charge in [0.15, 0.2) is 0 Å². The number of ether oxygens (including phenoxy) is 1. The summed E-state index contributed by atoms with van der Waals surface area (Å²) in [6, 6.07) is 1.86. The molecule has 1 spiro atoms. The lowest BCUT2D eigenvalue weighted by Crippen LogP contribution is -2.44. The maximum Gasteiger partial charge on any atom is 0.236 e. The molecule has 2 fully saturated rings. The van der Waals surface area contributed by atoms with Crippen LogP contribution in [0.5, 0.6) is 0 Å². The summed E-state index contributed by atoms with van der Waals surface area (Å²) in [7, 11) is 0. The van der Waals surface area contributed by atoms with E-state index in [1.807, 2.05) is 6.07 Å². The molecule has 0 aromatic rings. The molecule has 2 saturated heterocycles. The lowest BCUT2D eigenvalue weighted by atomic mass is 9.91. The highest BCUT2D eigenvalue weighted by Crippen LogP contribution is 2.34. The molecule has 5 heteroatoms. The minimum atomic E-state index is -0.358. The largest absolute Gasteiger partial charge is 0.393 e. The second-order valence-electron chi connectivity index (χ2n) is 4.58. The van der Waals surface area contributed by atoms with Crippen molar-refractivity contribution in [3.05, 3.63) is 0 Å². The van der Waals surface area contributed by atoms with Crippen molar-refractivity contribution < 1.29 is 14.6 Å². The van der Waals surface area contributed by atoms with Crippen molar-refractivity contribution in [1.29, 1.82) is 5.26 Å². The van der Waals surface area contributed by atoms with Gasteiger partial charge in [0, 0.05) is 26.1 Å². The number of carbonyl (C=O) groups excluding carboxylic acids is 1. The summed E-state index contributed by atoms with van der Waals surface area (Å²) in [4.78, 5) is 13.2. The van der Waals surface area contributed by atoms with E-state index in [1.165, 1.54) is 0 Å². The Morgan fingerprint density at radius 2 is 2.50 bits per heavy atom. The Labute approximate surface area is 94.6 Å². The van der Waals surface area contributed by atoms with Crippen molar-refractivity contribution in [3.63, 3.8) is 0 Å². The Bertz CT molecular complexity index is 326. The molecule has 2 aliphatic rings. The summed E-state index contributed by atoms with van der Waals surface area (Å²) in [5, 5.41) is 18.1. The first kappa shape index (κ1) is 11.4. The second kappa shape index (κ2) is 4.40. The highest BCUT2D eigenvalue weighted by molar-refractivity contribution is 5.78. The average molecular weight is 224 g/mol. The van der Waals surface area contributed by atoms with E-state index >= 15 is 0 Å². The van der Waals surface area contributed by atoms with E-state index in [-0.39, 0.29) is 24.0 Å². The van der Waals surface area contributed by atoms with Gasteiger partial charge >= 0.3 is 0 Å². The summed E-state index contributed by atoms with van der Waals surface area (Å²) >= 11 is 0. The summed E-state index contributed by atoms with van der Waals surface area (Å²) < 4.78 is 5.72. The van der Waals surface area contributed by atoms with Gasteiger partial charge in [-0.1, -0.05) is 0 Å². The zero-order valence-corrected chi connectivity index (χ0v) is 9.19. The molecule has 0 aromatic heterocycles. The van der Waals surface area contributed by atoms with Crippen molar-refractivity contribution in [2.75, 3.05) is 19.7 Å². The third-order valence-corrected chi connectivity index (χ3v) is 3.37. The highest BCUT2D eigenvalue weighted by Gasteiger charge is 2.44. The summed E-state index contributed by atoms with van der Waals surface area (Å²) in [6.07, 6.45) is 1.65. The molecule has 88 valence electrons. The van der Waals surface area contributed by atoms with Crippen LogP contribution in [0.15, 0.2) is 0 Å². The Hall–Kier alpha value is -1.12. The van der Waals surface area contributed by atoms with Crippen molar-refractivity contribution >= 4 is 5.91 Å². The quantitative estimate of drug-likeness (QED) is 0.682. The van der Waals surface area contributed by atoms with Crippen LogP contribution in [0.3, 0.4) is 0 Å². The SMILES string of the molecule is N#CCC(=O)N1CC[C@]2(C[C@H](O)CCO2)C1. The topological polar surface area (TPSA) is 73.6 Å². The van der Waals surface area contributed by atoms with Gasteiger partial charge in [0.2, 0.25) is 5.91 Å². The van der Waals surface area contributed by atoms with Crippen LogP contribution in [0.25, 0.3) is 0 Å². The van der Waals surface area contributed by atoms with Crippen LogP contribution in [0.4, 0.5) is 0 Å².